The van der Waals surface area contributed by atoms with Gasteiger partial charge in [0.2, 0.25) is 0 Å². The van der Waals surface area contributed by atoms with Crippen LogP contribution in [0.3, 0.4) is 0 Å². The smallest absolute Gasteiger partial charge is 0.251 e. The zero-order valence-corrected chi connectivity index (χ0v) is 12.2. The van der Waals surface area contributed by atoms with Crippen LogP contribution in [0.15, 0.2) is 23.1 Å². The van der Waals surface area contributed by atoms with Gasteiger partial charge >= 0.3 is 0 Å². The fraction of sp³-hybridized carbons (Fsp3) is 0.500. The van der Waals surface area contributed by atoms with Gasteiger partial charge in [-0.2, -0.15) is 0 Å². The topological polar surface area (TPSA) is 41.1 Å². The maximum absolute atomic E-state index is 11.7. The van der Waals surface area contributed by atoms with Crippen LogP contribution in [-0.4, -0.2) is 31.8 Å². The van der Waals surface area contributed by atoms with Crippen LogP contribution in [0.4, 0.5) is 0 Å². The molecule has 0 bridgehead atoms. The molecule has 1 amide bonds. The summed E-state index contributed by atoms with van der Waals surface area (Å²) < 4.78 is 0. The summed E-state index contributed by atoms with van der Waals surface area (Å²) in [5.41, 5.74) is 1.82. The normalized spacial score (nSPS) is 10.4. The van der Waals surface area contributed by atoms with Gasteiger partial charge in [0, 0.05) is 17.0 Å². The second kappa shape index (κ2) is 8.16. The average molecular weight is 266 g/mol. The molecule has 0 saturated heterocycles. The van der Waals surface area contributed by atoms with E-state index < -0.39 is 0 Å². The minimum atomic E-state index is 0.0155. The molecule has 0 unspecified atom stereocenters. The summed E-state index contributed by atoms with van der Waals surface area (Å²) in [6.45, 7) is 5.63. The Morgan fingerprint density at radius 3 is 2.78 bits per heavy atom. The number of rotatable bonds is 7. The third-order valence-electron chi connectivity index (χ3n) is 2.62. The Bertz CT molecular complexity index is 393. The Kier molecular flexibility index (Phi) is 6.83. The number of nitrogens with one attached hydrogen (secondary N) is 2. The average Bonchev–Trinajstić information content (AvgIpc) is 2.35. The minimum absolute atomic E-state index is 0.0155. The van der Waals surface area contributed by atoms with E-state index in [1.807, 2.05) is 44.8 Å². The van der Waals surface area contributed by atoms with Crippen molar-refractivity contribution in [2.24, 2.45) is 0 Å². The molecule has 0 heterocycles. The third kappa shape index (κ3) is 4.70. The lowest BCUT2D eigenvalue weighted by atomic mass is 10.1. The van der Waals surface area contributed by atoms with Crippen molar-refractivity contribution in [1.82, 2.24) is 10.6 Å². The number of thioether (sulfide) groups is 1. The van der Waals surface area contributed by atoms with Gasteiger partial charge < -0.3 is 10.6 Å². The molecule has 0 spiro atoms. The van der Waals surface area contributed by atoms with Gasteiger partial charge in [0.1, 0.15) is 0 Å². The predicted octanol–water partition coefficient (Wildman–Crippen LogP) is 2.45. The molecule has 0 aliphatic carbocycles. The van der Waals surface area contributed by atoms with Crippen LogP contribution in [0, 0.1) is 6.92 Å². The maximum Gasteiger partial charge on any atom is 0.251 e. The summed E-state index contributed by atoms with van der Waals surface area (Å²) in [6.07, 6.45) is 1.15. The summed E-state index contributed by atoms with van der Waals surface area (Å²) >= 11 is 1.84. The standard InChI is InChI=1S/C14H22N2OS/c1-4-16-14(17)13-7-6-12(10-11(13)2)18-9-5-8-15-3/h6-7,10,15H,4-5,8-9H2,1-3H3,(H,16,17). The van der Waals surface area contributed by atoms with Crippen molar-refractivity contribution < 1.29 is 4.79 Å². The molecular weight excluding hydrogens is 244 g/mol. The number of aryl methyl sites for hydroxylation is 1. The zero-order valence-electron chi connectivity index (χ0n) is 11.4. The summed E-state index contributed by atoms with van der Waals surface area (Å²) in [5, 5.41) is 5.97. The van der Waals surface area contributed by atoms with Crippen molar-refractivity contribution >= 4 is 17.7 Å². The molecule has 1 rings (SSSR count). The zero-order chi connectivity index (χ0) is 13.4. The Morgan fingerprint density at radius 2 is 2.17 bits per heavy atom. The highest BCUT2D eigenvalue weighted by molar-refractivity contribution is 7.99. The molecule has 0 aliphatic heterocycles. The first-order valence-corrected chi connectivity index (χ1v) is 7.33. The number of carbonyl (C=O) groups is 1. The largest absolute Gasteiger partial charge is 0.352 e. The van der Waals surface area contributed by atoms with Crippen LogP contribution in [0.2, 0.25) is 0 Å². The molecule has 4 heteroatoms. The quantitative estimate of drug-likeness (QED) is 0.588. The predicted molar refractivity (Wildman–Crippen MR) is 78.5 cm³/mol. The van der Waals surface area contributed by atoms with E-state index in [9.17, 15) is 4.79 Å². The first-order valence-electron chi connectivity index (χ1n) is 6.35. The lowest BCUT2D eigenvalue weighted by Crippen LogP contribution is -2.23. The van der Waals surface area contributed by atoms with Gasteiger partial charge in [0.25, 0.3) is 5.91 Å². The fourth-order valence-corrected chi connectivity index (χ4v) is 2.62. The number of hydrogen-bond donors (Lipinski definition) is 2. The number of benzene rings is 1. The molecular formula is C14H22N2OS. The molecule has 1 aromatic rings. The maximum atomic E-state index is 11.7. The highest BCUT2D eigenvalue weighted by atomic mass is 32.2. The van der Waals surface area contributed by atoms with Crippen LogP contribution in [0.1, 0.15) is 29.3 Å². The molecule has 0 fully saturated rings. The van der Waals surface area contributed by atoms with Gasteiger partial charge in [-0.05, 0) is 63.4 Å². The summed E-state index contributed by atoms with van der Waals surface area (Å²) in [6, 6.07) is 6.04. The molecule has 0 aromatic heterocycles. The monoisotopic (exact) mass is 266 g/mol. The minimum Gasteiger partial charge on any atom is -0.352 e. The molecule has 2 N–H and O–H groups in total. The third-order valence-corrected chi connectivity index (χ3v) is 3.70. The van der Waals surface area contributed by atoms with Crippen molar-refractivity contribution in [3.8, 4) is 0 Å². The van der Waals surface area contributed by atoms with Crippen LogP contribution >= 0.6 is 11.8 Å². The van der Waals surface area contributed by atoms with E-state index in [0.29, 0.717) is 6.54 Å². The number of carbonyl (C=O) groups excluding carboxylic acids is 1. The van der Waals surface area contributed by atoms with Gasteiger partial charge in [-0.25, -0.2) is 0 Å². The highest BCUT2D eigenvalue weighted by Crippen LogP contribution is 2.21. The molecule has 18 heavy (non-hydrogen) atoms. The van der Waals surface area contributed by atoms with E-state index in [1.165, 1.54) is 4.90 Å². The van der Waals surface area contributed by atoms with Crippen LogP contribution < -0.4 is 10.6 Å². The second-order valence-electron chi connectivity index (χ2n) is 4.14. The van der Waals surface area contributed by atoms with Crippen molar-refractivity contribution in [3.05, 3.63) is 29.3 Å². The lowest BCUT2D eigenvalue weighted by molar-refractivity contribution is 0.0955. The molecule has 0 aliphatic rings. The summed E-state index contributed by atoms with van der Waals surface area (Å²) in [5.74, 6) is 1.11. The van der Waals surface area contributed by atoms with Gasteiger partial charge in [0.15, 0.2) is 0 Å². The Hall–Kier alpha value is -1.00. The van der Waals surface area contributed by atoms with Crippen molar-refractivity contribution in [2.45, 2.75) is 25.2 Å². The summed E-state index contributed by atoms with van der Waals surface area (Å²) in [4.78, 5) is 13.0. The van der Waals surface area contributed by atoms with Crippen LogP contribution in [0.25, 0.3) is 0 Å². The first kappa shape index (κ1) is 15.1. The van der Waals surface area contributed by atoms with Gasteiger partial charge in [-0.1, -0.05) is 0 Å². The van der Waals surface area contributed by atoms with Crippen LogP contribution in [-0.2, 0) is 0 Å². The number of hydrogen-bond acceptors (Lipinski definition) is 3. The second-order valence-corrected chi connectivity index (χ2v) is 5.31. The van der Waals surface area contributed by atoms with Crippen molar-refractivity contribution in [1.29, 1.82) is 0 Å². The molecule has 0 atom stereocenters. The molecule has 1 aromatic carbocycles. The molecule has 0 saturated carbocycles. The Labute approximate surface area is 114 Å². The fourth-order valence-electron chi connectivity index (χ4n) is 1.68. The molecule has 3 nitrogen and oxygen atoms in total. The van der Waals surface area contributed by atoms with E-state index >= 15 is 0 Å². The van der Waals surface area contributed by atoms with Crippen molar-refractivity contribution in [2.75, 3.05) is 25.9 Å². The van der Waals surface area contributed by atoms with E-state index in [2.05, 4.69) is 16.7 Å². The van der Waals surface area contributed by atoms with E-state index in [4.69, 9.17) is 0 Å². The van der Waals surface area contributed by atoms with E-state index in [-0.39, 0.29) is 5.91 Å². The first-order chi connectivity index (χ1) is 8.69. The van der Waals surface area contributed by atoms with Crippen LogP contribution in [0.5, 0.6) is 0 Å². The van der Waals surface area contributed by atoms with Gasteiger partial charge in [-0.3, -0.25) is 4.79 Å². The highest BCUT2D eigenvalue weighted by Gasteiger charge is 2.08. The van der Waals surface area contributed by atoms with E-state index in [0.717, 1.165) is 29.8 Å². The molecule has 100 valence electrons. The Morgan fingerprint density at radius 1 is 1.39 bits per heavy atom. The number of amides is 1. The van der Waals surface area contributed by atoms with Crippen molar-refractivity contribution in [3.63, 3.8) is 0 Å². The Balaban J connectivity index is 2.59. The van der Waals surface area contributed by atoms with Gasteiger partial charge in [0.05, 0.1) is 0 Å². The lowest BCUT2D eigenvalue weighted by Gasteiger charge is -2.08. The van der Waals surface area contributed by atoms with E-state index in [1.54, 1.807) is 0 Å². The summed E-state index contributed by atoms with van der Waals surface area (Å²) in [7, 11) is 1.97. The van der Waals surface area contributed by atoms with Gasteiger partial charge in [-0.15, -0.1) is 11.8 Å². The SMILES string of the molecule is CCNC(=O)c1ccc(SCCCNC)cc1C. The molecule has 0 radical (unpaired) electrons.